The molecule has 1 saturated heterocycles. The fraction of sp³-hybridized carbons (Fsp3) is 0.543. The molecule has 0 aliphatic carbocycles. The van der Waals surface area contributed by atoms with E-state index < -0.39 is 42.2 Å². The average Bonchev–Trinajstić information content (AvgIpc) is 3.56. The third kappa shape index (κ3) is 10.6. The Hall–Kier alpha value is -4.23. The van der Waals surface area contributed by atoms with Crippen molar-refractivity contribution in [3.8, 4) is 0 Å². The fourth-order valence-electron chi connectivity index (χ4n) is 5.91. The number of esters is 1. The first-order chi connectivity index (χ1) is 22.9. The molecular formula is C35H48FN5O7. The van der Waals surface area contributed by atoms with Crippen molar-refractivity contribution in [1.82, 2.24) is 20.0 Å². The number of anilines is 1. The lowest BCUT2D eigenvalue weighted by molar-refractivity contribution is -0.151. The zero-order valence-electron chi connectivity index (χ0n) is 28.1. The van der Waals surface area contributed by atoms with Crippen LogP contribution in [-0.4, -0.2) is 100 Å². The maximum Gasteiger partial charge on any atom is 0.408 e. The van der Waals surface area contributed by atoms with E-state index in [4.69, 9.17) is 9.47 Å². The number of hydrogen-bond donors (Lipinski definition) is 3. The van der Waals surface area contributed by atoms with Crippen molar-refractivity contribution >= 4 is 29.7 Å². The second-order valence-electron chi connectivity index (χ2n) is 12.9. The molecule has 2 aromatic rings. The van der Waals surface area contributed by atoms with Crippen LogP contribution in [0.3, 0.4) is 0 Å². The number of cyclic esters (lactones) is 1. The monoisotopic (exact) mass is 669 g/mol. The van der Waals surface area contributed by atoms with Crippen LogP contribution in [0, 0.1) is 17.7 Å². The van der Waals surface area contributed by atoms with E-state index in [9.17, 15) is 29.0 Å². The number of ether oxygens (including phenoxy) is 2. The normalized spacial score (nSPS) is 25.7. The number of carbonyl (C=O) groups is 3. The van der Waals surface area contributed by atoms with E-state index in [0.717, 1.165) is 0 Å². The minimum Gasteiger partial charge on any atom is -0.457 e. The molecule has 12 nitrogen and oxygen atoms in total. The number of piperazine rings is 1. The Labute approximate surface area is 281 Å². The number of aliphatic hydroxyl groups is 2. The van der Waals surface area contributed by atoms with Gasteiger partial charge in [0.2, 0.25) is 5.91 Å². The molecule has 0 radical (unpaired) electrons. The predicted molar refractivity (Wildman–Crippen MR) is 178 cm³/mol. The third-order valence-electron chi connectivity index (χ3n) is 8.74. The molecule has 0 saturated carbocycles. The van der Waals surface area contributed by atoms with Crippen molar-refractivity contribution in [3.63, 3.8) is 0 Å². The zero-order chi connectivity index (χ0) is 34.8. The van der Waals surface area contributed by atoms with Crippen molar-refractivity contribution in [2.75, 3.05) is 37.7 Å². The number of carbonyl (C=O) groups excluding carboxylic acids is 3. The van der Waals surface area contributed by atoms with Crippen LogP contribution in [0.4, 0.5) is 14.9 Å². The maximum atomic E-state index is 14.9. The van der Waals surface area contributed by atoms with Gasteiger partial charge in [0.1, 0.15) is 24.6 Å². The Bertz CT molecular complexity index is 1440. The van der Waals surface area contributed by atoms with Gasteiger partial charge in [-0.2, -0.15) is 5.10 Å². The van der Waals surface area contributed by atoms with Gasteiger partial charge in [0.25, 0.3) is 0 Å². The number of rotatable bonds is 8. The summed E-state index contributed by atoms with van der Waals surface area (Å²) in [6.45, 7) is 9.26. The van der Waals surface area contributed by atoms with Crippen LogP contribution in [0.25, 0.3) is 6.08 Å². The first-order valence-corrected chi connectivity index (χ1v) is 16.5. The number of aromatic nitrogens is 2. The fourth-order valence-corrected chi connectivity index (χ4v) is 5.91. The van der Waals surface area contributed by atoms with E-state index in [1.807, 2.05) is 30.9 Å². The summed E-state index contributed by atoms with van der Waals surface area (Å²) in [5.74, 6) is -1.51. The van der Waals surface area contributed by atoms with Crippen molar-refractivity contribution < 1.29 is 38.5 Å². The van der Waals surface area contributed by atoms with E-state index in [0.29, 0.717) is 55.8 Å². The third-order valence-corrected chi connectivity index (χ3v) is 8.74. The molecule has 2 aliphatic heterocycles. The standard InChI is InChI=1S/C35H48FN5O7/c1-23-6-8-30(43)20-33(45)48-34(24(2)7-9-31(23)47-35(46)38-26(4)22-42)25(3)16-27-17-28(36)19-29(18-27)39-12-14-40(15-13-39)32(44)21-41-11-5-10-37-41/h5,7,9-11,16-19,23-24,26,30-31,34,42-43H,6,8,12-15,20-22H2,1-4H3,(H,38,46)/b9-7+,25-16+/t23-,24+,26?,30-,31-,34+/m0/s1. The highest BCUT2D eigenvalue weighted by molar-refractivity contribution is 5.76. The summed E-state index contributed by atoms with van der Waals surface area (Å²) in [7, 11) is 0. The molecule has 6 atom stereocenters. The van der Waals surface area contributed by atoms with E-state index in [1.54, 1.807) is 54.0 Å². The summed E-state index contributed by atoms with van der Waals surface area (Å²) in [6.07, 6.45) is 6.42. The quantitative estimate of drug-likeness (QED) is 0.284. The molecule has 1 unspecified atom stereocenters. The van der Waals surface area contributed by atoms with Gasteiger partial charge in [0.15, 0.2) is 0 Å². The molecule has 1 aromatic heterocycles. The van der Waals surface area contributed by atoms with Crippen LogP contribution in [-0.2, 0) is 25.6 Å². The van der Waals surface area contributed by atoms with Crippen LogP contribution in [0.5, 0.6) is 0 Å². The Morgan fingerprint density at radius 3 is 2.60 bits per heavy atom. The molecule has 0 spiro atoms. The van der Waals surface area contributed by atoms with Crippen molar-refractivity contribution in [3.05, 3.63) is 65.8 Å². The number of hydrogen-bond acceptors (Lipinski definition) is 9. The molecule has 1 aromatic carbocycles. The van der Waals surface area contributed by atoms with Gasteiger partial charge in [-0.05, 0) is 74.1 Å². The molecule has 3 heterocycles. The average molecular weight is 670 g/mol. The number of amides is 2. The SMILES string of the molecule is C/C(=C\c1cc(F)cc(N2CCN(C(=O)Cn3cccn3)CC2)c1)[C@@H]1OC(=O)C[C@@H](O)CC[C@H](C)[C@@H](OC(=O)NC(C)CO)/C=C/[C@H]1C. The molecule has 1 fully saturated rings. The number of alkyl carbamates (subject to hydrolysis) is 1. The predicted octanol–water partition coefficient (Wildman–Crippen LogP) is 3.53. The number of benzene rings is 1. The van der Waals surface area contributed by atoms with Gasteiger partial charge in [0, 0.05) is 50.2 Å². The van der Waals surface area contributed by atoms with Crippen LogP contribution in [0.15, 0.2) is 54.4 Å². The van der Waals surface area contributed by atoms with Gasteiger partial charge in [0.05, 0.1) is 25.2 Å². The molecule has 0 bridgehead atoms. The Morgan fingerprint density at radius 2 is 1.92 bits per heavy atom. The topological polar surface area (TPSA) is 146 Å². The molecular weight excluding hydrogens is 621 g/mol. The number of nitrogens with one attached hydrogen (secondary N) is 1. The van der Waals surface area contributed by atoms with Crippen molar-refractivity contribution in [1.29, 1.82) is 0 Å². The molecule has 48 heavy (non-hydrogen) atoms. The van der Waals surface area contributed by atoms with E-state index in [-0.39, 0.29) is 37.3 Å². The van der Waals surface area contributed by atoms with Gasteiger partial charge in [-0.15, -0.1) is 0 Å². The Balaban J connectivity index is 1.50. The van der Waals surface area contributed by atoms with Gasteiger partial charge < -0.3 is 34.8 Å². The summed E-state index contributed by atoms with van der Waals surface area (Å²) in [5, 5.41) is 26.5. The van der Waals surface area contributed by atoms with Gasteiger partial charge in [-0.1, -0.05) is 26.0 Å². The van der Waals surface area contributed by atoms with Gasteiger partial charge >= 0.3 is 12.1 Å². The van der Waals surface area contributed by atoms with Gasteiger partial charge in [-0.3, -0.25) is 14.3 Å². The summed E-state index contributed by atoms with van der Waals surface area (Å²) < 4.78 is 28.1. The van der Waals surface area contributed by atoms with E-state index in [1.165, 1.54) is 12.1 Å². The minimum atomic E-state index is -0.931. The smallest absolute Gasteiger partial charge is 0.408 e. The second-order valence-corrected chi connectivity index (χ2v) is 12.9. The molecule has 13 heteroatoms. The highest BCUT2D eigenvalue weighted by Crippen LogP contribution is 2.27. The summed E-state index contributed by atoms with van der Waals surface area (Å²) in [5.41, 5.74) is 1.93. The minimum absolute atomic E-state index is 0.0222. The lowest BCUT2D eigenvalue weighted by atomic mass is 9.91. The van der Waals surface area contributed by atoms with Crippen LogP contribution in [0.2, 0.25) is 0 Å². The van der Waals surface area contributed by atoms with E-state index >= 15 is 0 Å². The largest absolute Gasteiger partial charge is 0.457 e. The van der Waals surface area contributed by atoms with Gasteiger partial charge in [-0.25, -0.2) is 9.18 Å². The van der Waals surface area contributed by atoms with Crippen molar-refractivity contribution in [2.45, 2.75) is 77.9 Å². The molecule has 2 amide bonds. The summed E-state index contributed by atoms with van der Waals surface area (Å²) in [4.78, 5) is 41.9. The molecule has 4 rings (SSSR count). The van der Waals surface area contributed by atoms with Crippen LogP contribution in [0.1, 0.15) is 52.5 Å². The lowest BCUT2D eigenvalue weighted by Gasteiger charge is -2.36. The first-order valence-electron chi connectivity index (χ1n) is 16.5. The number of nitrogens with zero attached hydrogens (tertiary/aromatic N) is 4. The van der Waals surface area contributed by atoms with Crippen LogP contribution >= 0.6 is 0 Å². The van der Waals surface area contributed by atoms with Crippen LogP contribution < -0.4 is 10.2 Å². The summed E-state index contributed by atoms with van der Waals surface area (Å²) in [6, 6.07) is 6.04. The summed E-state index contributed by atoms with van der Waals surface area (Å²) >= 11 is 0. The molecule has 3 N–H and O–H groups in total. The zero-order valence-corrected chi connectivity index (χ0v) is 28.1. The highest BCUT2D eigenvalue weighted by atomic mass is 19.1. The second kappa shape index (κ2) is 17.3. The lowest BCUT2D eigenvalue weighted by Crippen LogP contribution is -2.49. The Morgan fingerprint density at radius 1 is 1.17 bits per heavy atom. The maximum absolute atomic E-state index is 14.9. The highest BCUT2D eigenvalue weighted by Gasteiger charge is 2.28. The number of halogens is 1. The molecule has 262 valence electrons. The number of aliphatic hydroxyl groups excluding tert-OH is 2. The Kier molecular flexibility index (Phi) is 13.2. The molecule has 2 aliphatic rings. The van der Waals surface area contributed by atoms with Crippen molar-refractivity contribution in [2.24, 2.45) is 11.8 Å². The van der Waals surface area contributed by atoms with E-state index in [2.05, 4.69) is 10.4 Å². The first kappa shape index (κ1) is 36.6.